The molecule has 1 aliphatic rings. The fraction of sp³-hybridized carbons (Fsp3) is 0.375. The highest BCUT2D eigenvalue weighted by atomic mass is 35.5. The van der Waals surface area contributed by atoms with Gasteiger partial charge >= 0.3 is 0 Å². The van der Waals surface area contributed by atoms with Crippen molar-refractivity contribution < 1.29 is 0 Å². The summed E-state index contributed by atoms with van der Waals surface area (Å²) in [7, 11) is 4.02. The van der Waals surface area contributed by atoms with E-state index in [9.17, 15) is 0 Å². The van der Waals surface area contributed by atoms with Gasteiger partial charge in [0.1, 0.15) is 5.82 Å². The lowest BCUT2D eigenvalue weighted by molar-refractivity contribution is 0.387. The summed E-state index contributed by atoms with van der Waals surface area (Å²) in [6.45, 7) is 1.99. The molecule has 4 rings (SSSR count). The molecule has 0 aliphatic heterocycles. The maximum Gasteiger partial charge on any atom is 0.225 e. The number of aromatic nitrogens is 2. The maximum atomic E-state index is 6.21. The van der Waals surface area contributed by atoms with E-state index in [0.29, 0.717) is 23.1 Å². The summed E-state index contributed by atoms with van der Waals surface area (Å²) in [5.74, 6) is 1.62. The molecule has 0 atom stereocenters. The molecule has 0 unspecified atom stereocenters. The summed E-state index contributed by atoms with van der Waals surface area (Å²) in [5.41, 5.74) is 2.91. The zero-order valence-electron chi connectivity index (χ0n) is 18.7. The first-order valence-corrected chi connectivity index (χ1v) is 11.7. The number of para-hydroxylation sites is 1. The van der Waals surface area contributed by atoms with E-state index in [-0.39, 0.29) is 0 Å². The number of halogens is 1. The highest BCUT2D eigenvalue weighted by molar-refractivity contribution is 7.80. The van der Waals surface area contributed by atoms with Crippen LogP contribution in [0.3, 0.4) is 0 Å². The largest absolute Gasteiger partial charge is 0.362 e. The Morgan fingerprint density at radius 1 is 1.03 bits per heavy atom. The van der Waals surface area contributed by atoms with Gasteiger partial charge in [0.05, 0.1) is 5.52 Å². The van der Waals surface area contributed by atoms with Crippen LogP contribution < -0.4 is 20.9 Å². The van der Waals surface area contributed by atoms with Crippen LogP contribution in [0.1, 0.15) is 31.2 Å². The van der Waals surface area contributed by atoms with Crippen molar-refractivity contribution in [2.24, 2.45) is 0 Å². The van der Waals surface area contributed by atoms with Gasteiger partial charge in [0.2, 0.25) is 5.95 Å². The summed E-state index contributed by atoms with van der Waals surface area (Å²) >= 11 is 11.7. The fourth-order valence-corrected chi connectivity index (χ4v) is 4.52. The minimum absolute atomic E-state index is 0.349. The third-order valence-electron chi connectivity index (χ3n) is 5.83. The van der Waals surface area contributed by atoms with Crippen LogP contribution in [-0.4, -0.2) is 41.3 Å². The Balaban J connectivity index is 1.32. The normalized spacial score (nSPS) is 18.2. The number of thiocarbonyl (C=S) groups is 1. The second-order valence-corrected chi connectivity index (χ2v) is 9.35. The Morgan fingerprint density at radius 2 is 1.75 bits per heavy atom. The number of hydrogen-bond donors (Lipinski definition) is 3. The minimum atomic E-state index is 0.349. The second-order valence-electron chi connectivity index (χ2n) is 8.54. The van der Waals surface area contributed by atoms with Gasteiger partial charge in [0.25, 0.3) is 0 Å². The zero-order valence-corrected chi connectivity index (χ0v) is 20.2. The van der Waals surface area contributed by atoms with Crippen molar-refractivity contribution in [1.82, 2.24) is 15.3 Å². The molecule has 6 nitrogen and oxygen atoms in total. The molecule has 3 aromatic rings. The fourth-order valence-electron chi connectivity index (χ4n) is 4.05. The third-order valence-corrected chi connectivity index (χ3v) is 6.46. The Hall–Kier alpha value is -2.64. The van der Waals surface area contributed by atoms with E-state index in [4.69, 9.17) is 33.8 Å². The van der Waals surface area contributed by atoms with E-state index >= 15 is 0 Å². The molecule has 1 aromatic heterocycles. The maximum absolute atomic E-state index is 6.21. The molecular weight excluding hydrogens is 440 g/mol. The highest BCUT2D eigenvalue weighted by Crippen LogP contribution is 2.26. The summed E-state index contributed by atoms with van der Waals surface area (Å²) < 4.78 is 0. The molecular formula is C24H29ClN6S. The Morgan fingerprint density at radius 3 is 2.47 bits per heavy atom. The van der Waals surface area contributed by atoms with Crippen LogP contribution in [-0.2, 0) is 0 Å². The van der Waals surface area contributed by atoms with Crippen molar-refractivity contribution in [2.75, 3.05) is 29.6 Å². The molecule has 1 saturated carbocycles. The molecule has 0 amide bonds. The van der Waals surface area contributed by atoms with Crippen molar-refractivity contribution in [3.8, 4) is 0 Å². The van der Waals surface area contributed by atoms with Gasteiger partial charge in [0, 0.05) is 42.3 Å². The van der Waals surface area contributed by atoms with E-state index in [0.717, 1.165) is 58.7 Å². The average molecular weight is 469 g/mol. The lowest BCUT2D eigenvalue weighted by atomic mass is 9.91. The van der Waals surface area contributed by atoms with Crippen molar-refractivity contribution in [3.05, 3.63) is 53.1 Å². The molecule has 8 heteroatoms. The molecule has 0 spiro atoms. The van der Waals surface area contributed by atoms with Crippen LogP contribution in [0.2, 0.25) is 5.02 Å². The molecule has 0 bridgehead atoms. The lowest BCUT2D eigenvalue weighted by Gasteiger charge is -2.30. The molecule has 0 saturated heterocycles. The van der Waals surface area contributed by atoms with Crippen LogP contribution in [0.15, 0.2) is 42.5 Å². The van der Waals surface area contributed by atoms with E-state index in [1.165, 1.54) is 0 Å². The number of fused-ring (bicyclic) bond motifs is 1. The quantitative estimate of drug-likeness (QED) is 0.435. The van der Waals surface area contributed by atoms with E-state index in [2.05, 4.69) is 22.0 Å². The summed E-state index contributed by atoms with van der Waals surface area (Å²) in [6.07, 6.45) is 4.12. The number of rotatable bonds is 5. The monoisotopic (exact) mass is 468 g/mol. The van der Waals surface area contributed by atoms with Crippen LogP contribution >= 0.6 is 23.8 Å². The highest BCUT2D eigenvalue weighted by Gasteiger charge is 2.23. The smallest absolute Gasteiger partial charge is 0.225 e. The molecule has 1 fully saturated rings. The van der Waals surface area contributed by atoms with E-state index < -0.39 is 0 Å². The van der Waals surface area contributed by atoms with Gasteiger partial charge in [-0.3, -0.25) is 0 Å². The number of nitrogens with zero attached hydrogens (tertiary/aromatic N) is 3. The van der Waals surface area contributed by atoms with Gasteiger partial charge < -0.3 is 20.9 Å². The standard InChI is InChI=1S/C24H29ClN6S/c1-15-8-9-18(14-20(15)25)28-24(32)27-17-12-10-16(11-13-17)26-23-29-21-7-5-4-6-19(21)22(30-23)31(2)3/h4-9,14,16-17H,10-13H2,1-3H3,(H,26,29,30)(H2,27,28,32). The minimum Gasteiger partial charge on any atom is -0.362 e. The first-order chi connectivity index (χ1) is 15.4. The number of aryl methyl sites for hydroxylation is 1. The van der Waals surface area contributed by atoms with E-state index in [1.54, 1.807) is 0 Å². The molecule has 2 aromatic carbocycles. The predicted molar refractivity (Wildman–Crippen MR) is 139 cm³/mol. The number of nitrogens with one attached hydrogen (secondary N) is 3. The molecule has 168 valence electrons. The van der Waals surface area contributed by atoms with Gasteiger partial charge in [-0.25, -0.2) is 4.98 Å². The van der Waals surface area contributed by atoms with Crippen LogP contribution in [0.4, 0.5) is 17.5 Å². The van der Waals surface area contributed by atoms with Crippen molar-refractivity contribution in [1.29, 1.82) is 0 Å². The topological polar surface area (TPSA) is 65.1 Å². The van der Waals surface area contributed by atoms with Gasteiger partial charge in [-0.05, 0) is 74.7 Å². The molecule has 3 N–H and O–H groups in total. The van der Waals surface area contributed by atoms with Gasteiger partial charge in [-0.2, -0.15) is 4.98 Å². The second kappa shape index (κ2) is 9.88. The lowest BCUT2D eigenvalue weighted by Crippen LogP contribution is -2.42. The van der Waals surface area contributed by atoms with Crippen LogP contribution in [0.5, 0.6) is 0 Å². The van der Waals surface area contributed by atoms with Crippen molar-refractivity contribution >= 4 is 57.3 Å². The molecule has 1 aliphatic carbocycles. The zero-order chi connectivity index (χ0) is 22.7. The summed E-state index contributed by atoms with van der Waals surface area (Å²) in [4.78, 5) is 11.5. The Kier molecular flexibility index (Phi) is 6.96. The van der Waals surface area contributed by atoms with Crippen LogP contribution in [0.25, 0.3) is 10.9 Å². The van der Waals surface area contributed by atoms with Crippen molar-refractivity contribution in [2.45, 2.75) is 44.7 Å². The third kappa shape index (κ3) is 5.40. The molecule has 0 radical (unpaired) electrons. The van der Waals surface area contributed by atoms with Gasteiger partial charge in [-0.1, -0.05) is 29.8 Å². The number of hydrogen-bond acceptors (Lipinski definition) is 5. The average Bonchev–Trinajstić information content (AvgIpc) is 2.77. The first kappa shape index (κ1) is 22.6. The Bertz CT molecular complexity index is 1110. The SMILES string of the molecule is Cc1ccc(NC(=S)NC2CCC(Nc3nc(N(C)C)c4ccccc4n3)CC2)cc1Cl. The van der Waals surface area contributed by atoms with Crippen molar-refractivity contribution in [3.63, 3.8) is 0 Å². The number of benzene rings is 2. The first-order valence-electron chi connectivity index (χ1n) is 10.9. The van der Waals surface area contributed by atoms with E-state index in [1.807, 2.05) is 62.3 Å². The predicted octanol–water partition coefficient (Wildman–Crippen LogP) is 5.37. The number of anilines is 3. The molecule has 32 heavy (non-hydrogen) atoms. The summed E-state index contributed by atoms with van der Waals surface area (Å²) in [5, 5.41) is 12.7. The van der Waals surface area contributed by atoms with Crippen LogP contribution in [0, 0.1) is 6.92 Å². The Labute approximate surface area is 199 Å². The van der Waals surface area contributed by atoms with Gasteiger partial charge in [0.15, 0.2) is 5.11 Å². The summed E-state index contributed by atoms with van der Waals surface area (Å²) in [6, 6.07) is 14.7. The molecule has 1 heterocycles. The van der Waals surface area contributed by atoms with Gasteiger partial charge in [-0.15, -0.1) is 0 Å².